The molecule has 2 aliphatic heterocycles. The van der Waals surface area contributed by atoms with Crippen molar-refractivity contribution in [2.75, 3.05) is 75.2 Å². The zero-order valence-corrected chi connectivity index (χ0v) is 22.5. The maximum absolute atomic E-state index is 14.3. The summed E-state index contributed by atoms with van der Waals surface area (Å²) in [5.74, 6) is -0.297. The number of phenolic OH excluding ortho intramolecular Hbond substituents is 1. The minimum absolute atomic E-state index is 0.107. The molecule has 0 bridgehead atoms. The standard InChI is InChI=1S/C27H32ClFN8O2/c1-35-6-8-36(9-7-35)18-19-2-4-21(5-3-19)32-22-14-20(25(38)23(28)15-22)16-31-34-27-30-17-24(29)26(33-27)37-10-12-39-13-11-37/h2-5,14-17,32,38H,6-13,18H2,1H3,(H,30,33,34)/b31-16+. The Kier molecular flexibility index (Phi) is 8.72. The largest absolute Gasteiger partial charge is 0.506 e. The van der Waals surface area contributed by atoms with Gasteiger partial charge in [0.05, 0.1) is 30.6 Å². The maximum Gasteiger partial charge on any atom is 0.245 e. The fourth-order valence-electron chi connectivity index (χ4n) is 4.48. The first-order valence-electron chi connectivity index (χ1n) is 12.9. The van der Waals surface area contributed by atoms with E-state index in [4.69, 9.17) is 16.3 Å². The third-order valence-electron chi connectivity index (χ3n) is 6.74. The lowest BCUT2D eigenvalue weighted by Gasteiger charge is -2.32. The first kappa shape index (κ1) is 27.1. The highest BCUT2D eigenvalue weighted by Crippen LogP contribution is 2.32. The number of benzene rings is 2. The van der Waals surface area contributed by atoms with Crippen LogP contribution in [0, 0.1) is 5.82 Å². The number of anilines is 4. The van der Waals surface area contributed by atoms with Gasteiger partial charge in [0.15, 0.2) is 11.6 Å². The second kappa shape index (κ2) is 12.6. The van der Waals surface area contributed by atoms with Crippen molar-refractivity contribution >= 4 is 41.0 Å². The van der Waals surface area contributed by atoms with Crippen molar-refractivity contribution in [2.45, 2.75) is 6.54 Å². The highest BCUT2D eigenvalue weighted by molar-refractivity contribution is 6.32. The van der Waals surface area contributed by atoms with Gasteiger partial charge in [-0.25, -0.2) is 14.8 Å². The summed E-state index contributed by atoms with van der Waals surface area (Å²) < 4.78 is 19.6. The number of hydrogen-bond donors (Lipinski definition) is 3. The SMILES string of the molecule is CN1CCN(Cc2ccc(Nc3cc(Cl)c(O)c(/C=N/Nc4ncc(F)c(N5CCOCC5)n4)c3)cc2)CC1. The highest BCUT2D eigenvalue weighted by atomic mass is 35.5. The number of rotatable bonds is 8. The molecule has 0 atom stereocenters. The number of hydrazone groups is 1. The summed E-state index contributed by atoms with van der Waals surface area (Å²) >= 11 is 6.29. The summed E-state index contributed by atoms with van der Waals surface area (Å²) in [5, 5.41) is 18.1. The van der Waals surface area contributed by atoms with Crippen molar-refractivity contribution in [3.05, 3.63) is 64.6 Å². The molecule has 10 nitrogen and oxygen atoms in total. The molecule has 5 rings (SSSR count). The van der Waals surface area contributed by atoms with E-state index in [1.165, 1.54) is 11.8 Å². The number of halogens is 2. The first-order chi connectivity index (χ1) is 18.9. The Morgan fingerprint density at radius 1 is 1.08 bits per heavy atom. The molecule has 206 valence electrons. The van der Waals surface area contributed by atoms with Gasteiger partial charge in [0.1, 0.15) is 5.75 Å². The second-order valence-corrected chi connectivity index (χ2v) is 10.0. The van der Waals surface area contributed by atoms with Crippen LogP contribution < -0.4 is 15.6 Å². The number of likely N-dealkylation sites (N-methyl/N-ethyl adjacent to an activating group) is 1. The number of morpholine rings is 1. The van der Waals surface area contributed by atoms with Crippen LogP contribution >= 0.6 is 11.6 Å². The third-order valence-corrected chi connectivity index (χ3v) is 7.03. The summed E-state index contributed by atoms with van der Waals surface area (Å²) in [6.07, 6.45) is 2.51. The smallest absolute Gasteiger partial charge is 0.245 e. The average Bonchev–Trinajstić information content (AvgIpc) is 2.95. The van der Waals surface area contributed by atoms with Gasteiger partial charge in [-0.3, -0.25) is 4.90 Å². The molecule has 0 unspecified atom stereocenters. The lowest BCUT2D eigenvalue weighted by atomic mass is 10.1. The Morgan fingerprint density at radius 3 is 2.56 bits per heavy atom. The number of aromatic nitrogens is 2. The predicted molar refractivity (Wildman–Crippen MR) is 152 cm³/mol. The van der Waals surface area contributed by atoms with Crippen LogP contribution in [0.25, 0.3) is 0 Å². The molecule has 0 radical (unpaired) electrons. The van der Waals surface area contributed by atoms with Crippen LogP contribution in [0.3, 0.4) is 0 Å². The van der Waals surface area contributed by atoms with E-state index in [-0.39, 0.29) is 22.5 Å². The van der Waals surface area contributed by atoms with E-state index in [0.29, 0.717) is 37.6 Å². The fourth-order valence-corrected chi connectivity index (χ4v) is 4.71. The van der Waals surface area contributed by atoms with Crippen LogP contribution in [0.4, 0.5) is 27.5 Å². The number of nitrogens with one attached hydrogen (secondary N) is 2. The number of nitrogens with zero attached hydrogens (tertiary/aromatic N) is 6. The molecule has 0 spiro atoms. The van der Waals surface area contributed by atoms with Crippen molar-refractivity contribution in [2.24, 2.45) is 5.10 Å². The summed E-state index contributed by atoms with van der Waals surface area (Å²) in [5.41, 5.74) is 5.94. The Bertz CT molecular complexity index is 1300. The Morgan fingerprint density at radius 2 is 1.82 bits per heavy atom. The van der Waals surface area contributed by atoms with Crippen LogP contribution in [0.2, 0.25) is 5.02 Å². The van der Waals surface area contributed by atoms with Gasteiger partial charge in [-0.15, -0.1) is 0 Å². The highest BCUT2D eigenvalue weighted by Gasteiger charge is 2.18. The molecule has 39 heavy (non-hydrogen) atoms. The Hall–Kier alpha value is -3.51. The van der Waals surface area contributed by atoms with Crippen LogP contribution in [-0.4, -0.2) is 90.6 Å². The van der Waals surface area contributed by atoms with Gasteiger partial charge in [-0.1, -0.05) is 23.7 Å². The van der Waals surface area contributed by atoms with Gasteiger partial charge >= 0.3 is 0 Å². The van der Waals surface area contributed by atoms with Gasteiger partial charge in [0.25, 0.3) is 0 Å². The summed E-state index contributed by atoms with van der Waals surface area (Å²) in [6, 6.07) is 11.7. The van der Waals surface area contributed by atoms with E-state index >= 15 is 0 Å². The molecule has 3 N–H and O–H groups in total. The molecular formula is C27H32ClFN8O2. The molecule has 12 heteroatoms. The van der Waals surface area contributed by atoms with E-state index in [0.717, 1.165) is 44.6 Å². The van der Waals surface area contributed by atoms with Crippen LogP contribution in [0.15, 0.2) is 47.7 Å². The van der Waals surface area contributed by atoms with Gasteiger partial charge in [0, 0.05) is 62.8 Å². The van der Waals surface area contributed by atoms with Crippen LogP contribution in [-0.2, 0) is 11.3 Å². The van der Waals surface area contributed by atoms with E-state index in [1.807, 2.05) is 12.1 Å². The molecule has 2 aliphatic rings. The van der Waals surface area contributed by atoms with Gasteiger partial charge in [0.2, 0.25) is 5.95 Å². The summed E-state index contributed by atoms with van der Waals surface area (Å²) in [6.45, 7) is 7.37. The second-order valence-electron chi connectivity index (χ2n) is 9.63. The lowest BCUT2D eigenvalue weighted by molar-refractivity contribution is 0.122. The summed E-state index contributed by atoms with van der Waals surface area (Å²) in [7, 11) is 2.16. The number of ether oxygens (including phenoxy) is 1. The third kappa shape index (κ3) is 7.12. The number of phenols is 1. The van der Waals surface area contributed by atoms with Gasteiger partial charge < -0.3 is 25.0 Å². The van der Waals surface area contributed by atoms with Crippen molar-refractivity contribution in [1.82, 2.24) is 19.8 Å². The number of hydrogen-bond acceptors (Lipinski definition) is 10. The summed E-state index contributed by atoms with van der Waals surface area (Å²) in [4.78, 5) is 14.8. The predicted octanol–water partition coefficient (Wildman–Crippen LogP) is 3.75. The monoisotopic (exact) mass is 554 g/mol. The fraction of sp³-hybridized carbons (Fsp3) is 0.370. The molecule has 3 heterocycles. The molecule has 2 aromatic carbocycles. The van der Waals surface area contributed by atoms with Crippen molar-refractivity contribution in [3.8, 4) is 5.75 Å². The first-order valence-corrected chi connectivity index (χ1v) is 13.3. The molecule has 3 aromatic rings. The van der Waals surface area contributed by atoms with Gasteiger partial charge in [-0.2, -0.15) is 10.1 Å². The number of piperazine rings is 1. The van der Waals surface area contributed by atoms with E-state index < -0.39 is 5.82 Å². The van der Waals surface area contributed by atoms with E-state index in [1.54, 1.807) is 17.0 Å². The minimum Gasteiger partial charge on any atom is -0.506 e. The average molecular weight is 555 g/mol. The van der Waals surface area contributed by atoms with Crippen LogP contribution in [0.1, 0.15) is 11.1 Å². The van der Waals surface area contributed by atoms with E-state index in [2.05, 4.69) is 54.8 Å². The zero-order valence-electron chi connectivity index (χ0n) is 21.8. The number of aromatic hydroxyl groups is 1. The van der Waals surface area contributed by atoms with Crippen molar-refractivity contribution in [1.29, 1.82) is 0 Å². The molecule has 1 aromatic heterocycles. The van der Waals surface area contributed by atoms with Crippen LogP contribution in [0.5, 0.6) is 5.75 Å². The normalized spacial score (nSPS) is 17.1. The Balaban J connectivity index is 1.22. The van der Waals surface area contributed by atoms with Crippen molar-refractivity contribution in [3.63, 3.8) is 0 Å². The zero-order chi connectivity index (χ0) is 27.2. The van der Waals surface area contributed by atoms with Crippen molar-refractivity contribution < 1.29 is 14.2 Å². The molecule has 2 saturated heterocycles. The topological polar surface area (TPSA) is 101 Å². The Labute approximate surface area is 232 Å². The van der Waals surface area contributed by atoms with E-state index in [9.17, 15) is 9.50 Å². The molecule has 0 saturated carbocycles. The quantitative estimate of drug-likeness (QED) is 0.218. The molecule has 0 aliphatic carbocycles. The maximum atomic E-state index is 14.3. The lowest BCUT2D eigenvalue weighted by Crippen LogP contribution is -2.43. The minimum atomic E-state index is -0.512. The molecular weight excluding hydrogens is 523 g/mol. The van der Waals surface area contributed by atoms with Gasteiger partial charge in [-0.05, 0) is 36.9 Å². The molecule has 2 fully saturated rings. The molecule has 0 amide bonds.